The molecule has 5 nitrogen and oxygen atoms in total. The molecule has 0 spiro atoms. The molecule has 1 aromatic carbocycles. The molecule has 1 aliphatic rings. The number of nitrogens with one attached hydrogen (secondary N) is 1. The molecule has 1 aliphatic heterocycles. The number of nitrogens with zero attached hydrogens (tertiary/aromatic N) is 3. The molecule has 0 aliphatic carbocycles. The minimum absolute atomic E-state index is 0.133. The van der Waals surface area contributed by atoms with Crippen LogP contribution in [0.3, 0.4) is 0 Å². The molecule has 1 saturated heterocycles. The van der Waals surface area contributed by atoms with E-state index in [2.05, 4.69) is 15.3 Å². The molecular weight excluding hydrogens is 276 g/mol. The number of hydrogen-bond acceptors (Lipinski definition) is 4. The van der Waals surface area contributed by atoms with Crippen LogP contribution in [0.25, 0.3) is 11.0 Å². The summed E-state index contributed by atoms with van der Waals surface area (Å²) in [4.78, 5) is 23.4. The Hall–Kier alpha value is -2.01. The van der Waals surface area contributed by atoms with Gasteiger partial charge in [-0.05, 0) is 44.5 Å². The number of rotatable bonds is 3. The van der Waals surface area contributed by atoms with Crippen molar-refractivity contribution in [3.63, 3.8) is 0 Å². The zero-order valence-corrected chi connectivity index (χ0v) is 13.0. The third-order valence-electron chi connectivity index (χ3n) is 4.20. The van der Waals surface area contributed by atoms with Crippen molar-refractivity contribution in [2.75, 3.05) is 20.1 Å². The van der Waals surface area contributed by atoms with Crippen LogP contribution in [-0.4, -0.2) is 40.9 Å². The van der Waals surface area contributed by atoms with Crippen molar-refractivity contribution < 1.29 is 4.79 Å². The van der Waals surface area contributed by atoms with Gasteiger partial charge in [-0.15, -0.1) is 0 Å². The Kier molecular flexibility index (Phi) is 4.63. The summed E-state index contributed by atoms with van der Waals surface area (Å²) in [6, 6.07) is 7.80. The lowest BCUT2D eigenvalue weighted by Gasteiger charge is -2.22. The van der Waals surface area contributed by atoms with Crippen molar-refractivity contribution in [3.05, 3.63) is 36.2 Å². The van der Waals surface area contributed by atoms with E-state index in [4.69, 9.17) is 0 Å². The van der Waals surface area contributed by atoms with E-state index >= 15 is 0 Å². The van der Waals surface area contributed by atoms with Crippen molar-refractivity contribution in [1.29, 1.82) is 0 Å². The Bertz CT molecular complexity index is 650. The second kappa shape index (κ2) is 6.83. The third kappa shape index (κ3) is 3.42. The van der Waals surface area contributed by atoms with Crippen LogP contribution in [-0.2, 0) is 11.3 Å². The highest BCUT2D eigenvalue weighted by atomic mass is 16.2. The van der Waals surface area contributed by atoms with E-state index in [9.17, 15) is 4.79 Å². The first-order chi connectivity index (χ1) is 10.7. The molecule has 0 bridgehead atoms. The lowest BCUT2D eigenvalue weighted by molar-refractivity contribution is -0.135. The molecule has 1 amide bonds. The van der Waals surface area contributed by atoms with Crippen molar-refractivity contribution in [2.45, 2.75) is 25.8 Å². The zero-order valence-electron chi connectivity index (χ0n) is 13.0. The number of fused-ring (bicyclic) bond motifs is 1. The van der Waals surface area contributed by atoms with Crippen LogP contribution in [0.5, 0.6) is 0 Å². The maximum Gasteiger partial charge on any atom is 0.225 e. The molecular formula is C17H22N4O. The number of aromatic nitrogens is 2. The molecule has 1 fully saturated rings. The maximum absolute atomic E-state index is 12.6. The first kappa shape index (κ1) is 14.9. The van der Waals surface area contributed by atoms with Crippen LogP contribution in [0.2, 0.25) is 0 Å². The lowest BCUT2D eigenvalue weighted by atomic mass is 9.99. The van der Waals surface area contributed by atoms with Crippen molar-refractivity contribution in [1.82, 2.24) is 20.2 Å². The first-order valence-electron chi connectivity index (χ1n) is 7.90. The minimum Gasteiger partial charge on any atom is -0.340 e. The number of carbonyl (C=O) groups excluding carboxylic acids is 1. The number of carbonyl (C=O) groups is 1. The molecule has 0 radical (unpaired) electrons. The number of hydrogen-bond donors (Lipinski definition) is 1. The monoisotopic (exact) mass is 298 g/mol. The molecule has 0 unspecified atom stereocenters. The molecule has 2 heterocycles. The molecule has 5 heteroatoms. The Balaban J connectivity index is 1.68. The van der Waals surface area contributed by atoms with E-state index in [1.165, 1.54) is 0 Å². The molecule has 0 saturated carbocycles. The topological polar surface area (TPSA) is 58.1 Å². The van der Waals surface area contributed by atoms with Gasteiger partial charge >= 0.3 is 0 Å². The average Bonchev–Trinajstić information content (AvgIpc) is 2.83. The van der Waals surface area contributed by atoms with Gasteiger partial charge in [-0.1, -0.05) is 12.1 Å². The standard InChI is InChI=1S/C17H22N4O/c1-21(17(22)13-5-4-9-18-10-8-13)12-14-11-19-15-6-2-3-7-16(15)20-14/h2-3,6-7,11,13,18H,4-5,8-10,12H2,1H3/t13-/m0/s1. The summed E-state index contributed by atoms with van der Waals surface area (Å²) in [7, 11) is 1.86. The Labute approximate surface area is 130 Å². The molecule has 3 rings (SSSR count). The van der Waals surface area contributed by atoms with E-state index < -0.39 is 0 Å². The molecule has 22 heavy (non-hydrogen) atoms. The Morgan fingerprint density at radius 1 is 1.27 bits per heavy atom. The fourth-order valence-electron chi connectivity index (χ4n) is 2.97. The fraction of sp³-hybridized carbons (Fsp3) is 0.471. The van der Waals surface area contributed by atoms with Crippen molar-refractivity contribution >= 4 is 16.9 Å². The second-order valence-electron chi connectivity index (χ2n) is 5.92. The van der Waals surface area contributed by atoms with Crippen LogP contribution in [0, 0.1) is 5.92 Å². The first-order valence-corrected chi connectivity index (χ1v) is 7.90. The summed E-state index contributed by atoms with van der Waals surface area (Å²) in [6.07, 6.45) is 4.73. The highest BCUT2D eigenvalue weighted by Crippen LogP contribution is 2.17. The van der Waals surface area contributed by atoms with Crippen molar-refractivity contribution in [3.8, 4) is 0 Å². The fourth-order valence-corrected chi connectivity index (χ4v) is 2.97. The normalized spacial score (nSPS) is 18.9. The summed E-state index contributed by atoms with van der Waals surface area (Å²) in [5, 5.41) is 3.35. The summed E-state index contributed by atoms with van der Waals surface area (Å²) in [6.45, 7) is 2.46. The van der Waals surface area contributed by atoms with E-state index in [1.807, 2.05) is 31.3 Å². The summed E-state index contributed by atoms with van der Waals surface area (Å²) < 4.78 is 0. The van der Waals surface area contributed by atoms with Crippen LogP contribution >= 0.6 is 0 Å². The largest absolute Gasteiger partial charge is 0.340 e. The maximum atomic E-state index is 12.6. The van der Waals surface area contributed by atoms with Gasteiger partial charge in [-0.3, -0.25) is 9.78 Å². The van der Waals surface area contributed by atoms with Gasteiger partial charge in [0.05, 0.1) is 29.5 Å². The SMILES string of the molecule is CN(Cc1cnc2ccccc2n1)C(=O)[C@H]1CCCNCC1. The predicted molar refractivity (Wildman–Crippen MR) is 86.2 cm³/mol. The van der Waals surface area contributed by atoms with Gasteiger partial charge in [0.2, 0.25) is 5.91 Å². The van der Waals surface area contributed by atoms with Crippen LogP contribution in [0.15, 0.2) is 30.5 Å². The van der Waals surface area contributed by atoms with E-state index in [-0.39, 0.29) is 11.8 Å². The van der Waals surface area contributed by atoms with Crippen LogP contribution in [0.1, 0.15) is 25.0 Å². The third-order valence-corrected chi connectivity index (χ3v) is 4.20. The van der Waals surface area contributed by atoms with Gasteiger partial charge < -0.3 is 10.2 Å². The Morgan fingerprint density at radius 3 is 2.95 bits per heavy atom. The zero-order chi connectivity index (χ0) is 15.4. The van der Waals surface area contributed by atoms with Crippen molar-refractivity contribution in [2.24, 2.45) is 5.92 Å². The highest BCUT2D eigenvalue weighted by molar-refractivity contribution is 5.78. The van der Waals surface area contributed by atoms with E-state index in [0.29, 0.717) is 6.54 Å². The molecule has 116 valence electrons. The quantitative estimate of drug-likeness (QED) is 0.941. The van der Waals surface area contributed by atoms with Crippen LogP contribution in [0.4, 0.5) is 0 Å². The second-order valence-corrected chi connectivity index (χ2v) is 5.92. The number of amides is 1. The van der Waals surface area contributed by atoms with Gasteiger partial charge in [0.1, 0.15) is 0 Å². The van der Waals surface area contributed by atoms with Gasteiger partial charge in [-0.2, -0.15) is 0 Å². The van der Waals surface area contributed by atoms with Crippen LogP contribution < -0.4 is 5.32 Å². The summed E-state index contributed by atoms with van der Waals surface area (Å²) >= 11 is 0. The van der Waals surface area contributed by atoms with Gasteiger partial charge in [-0.25, -0.2) is 4.98 Å². The molecule has 2 aromatic rings. The molecule has 1 atom stereocenters. The number of benzene rings is 1. The molecule has 1 aromatic heterocycles. The smallest absolute Gasteiger partial charge is 0.225 e. The Morgan fingerprint density at radius 2 is 2.09 bits per heavy atom. The highest BCUT2D eigenvalue weighted by Gasteiger charge is 2.23. The molecule has 1 N–H and O–H groups in total. The summed E-state index contributed by atoms with van der Waals surface area (Å²) in [5.74, 6) is 0.354. The van der Waals surface area contributed by atoms with E-state index in [1.54, 1.807) is 11.1 Å². The minimum atomic E-state index is 0.133. The lowest BCUT2D eigenvalue weighted by Crippen LogP contribution is -2.33. The van der Waals surface area contributed by atoms with Gasteiger partial charge in [0.25, 0.3) is 0 Å². The van der Waals surface area contributed by atoms with E-state index in [0.717, 1.165) is 49.1 Å². The van der Waals surface area contributed by atoms with Gasteiger partial charge in [0, 0.05) is 13.0 Å². The summed E-state index contributed by atoms with van der Waals surface area (Å²) in [5.41, 5.74) is 2.59. The average molecular weight is 298 g/mol. The van der Waals surface area contributed by atoms with Gasteiger partial charge in [0.15, 0.2) is 0 Å². The predicted octanol–water partition coefficient (Wildman–Crippen LogP) is 1.98. The number of para-hydroxylation sites is 2.